The first-order chi connectivity index (χ1) is 23.7. The smallest absolute Gasteiger partial charge is 0.220 e. The standard InChI is InChI=1S/C44H85NO3/c1-3-5-7-9-11-13-14-15-16-17-18-19-20-21-22-23-24-25-26-27-28-29-30-32-34-36-38-40-44(48)45-42(41-46)43(47)39-37-35-33-31-12-10-8-6-4-2/h18-19,21-22,42-43,46-47H,3-17,20,23-41H2,1-2H3,(H,45,48)/b19-18-,22-21-. The lowest BCUT2D eigenvalue weighted by atomic mass is 10.0. The van der Waals surface area contributed by atoms with Gasteiger partial charge < -0.3 is 15.5 Å². The van der Waals surface area contributed by atoms with Crippen molar-refractivity contribution in [1.29, 1.82) is 0 Å². The molecule has 2 atom stereocenters. The molecule has 0 saturated carbocycles. The minimum atomic E-state index is -0.656. The molecule has 4 nitrogen and oxygen atoms in total. The second-order valence-corrected chi connectivity index (χ2v) is 14.8. The van der Waals surface area contributed by atoms with Crippen LogP contribution < -0.4 is 5.32 Å². The Balaban J connectivity index is 3.46. The van der Waals surface area contributed by atoms with Crippen molar-refractivity contribution < 1.29 is 15.0 Å². The van der Waals surface area contributed by atoms with E-state index in [0.717, 1.165) is 32.1 Å². The zero-order valence-corrected chi connectivity index (χ0v) is 32.5. The second-order valence-electron chi connectivity index (χ2n) is 14.8. The maximum atomic E-state index is 12.3. The Morgan fingerprint density at radius 1 is 0.500 bits per heavy atom. The summed E-state index contributed by atoms with van der Waals surface area (Å²) in [6, 6.07) is -0.533. The van der Waals surface area contributed by atoms with E-state index < -0.39 is 12.1 Å². The van der Waals surface area contributed by atoms with E-state index >= 15 is 0 Å². The molecule has 48 heavy (non-hydrogen) atoms. The Labute approximate surface area is 300 Å². The van der Waals surface area contributed by atoms with Crippen LogP contribution in [0.4, 0.5) is 0 Å². The van der Waals surface area contributed by atoms with E-state index in [1.807, 2.05) is 0 Å². The summed E-state index contributed by atoms with van der Waals surface area (Å²) >= 11 is 0. The maximum Gasteiger partial charge on any atom is 0.220 e. The summed E-state index contributed by atoms with van der Waals surface area (Å²) in [4.78, 5) is 12.3. The van der Waals surface area contributed by atoms with E-state index in [1.165, 1.54) is 173 Å². The van der Waals surface area contributed by atoms with Crippen LogP contribution in [-0.4, -0.2) is 34.9 Å². The molecule has 284 valence electrons. The van der Waals surface area contributed by atoms with Gasteiger partial charge in [-0.2, -0.15) is 0 Å². The normalized spacial score (nSPS) is 13.2. The predicted molar refractivity (Wildman–Crippen MR) is 212 cm³/mol. The minimum Gasteiger partial charge on any atom is -0.394 e. The van der Waals surface area contributed by atoms with Crippen LogP contribution in [0.2, 0.25) is 0 Å². The first-order valence-corrected chi connectivity index (χ1v) is 21.5. The molecular weight excluding hydrogens is 590 g/mol. The summed E-state index contributed by atoms with van der Waals surface area (Å²) in [6.45, 7) is 4.34. The number of aliphatic hydroxyl groups excluding tert-OH is 2. The number of unbranched alkanes of at least 4 members (excludes halogenated alkanes) is 28. The van der Waals surface area contributed by atoms with Gasteiger partial charge in [0.2, 0.25) is 5.91 Å². The van der Waals surface area contributed by atoms with Crippen LogP contribution in [-0.2, 0) is 4.79 Å². The first kappa shape index (κ1) is 46.9. The van der Waals surface area contributed by atoms with Crippen LogP contribution in [0.5, 0.6) is 0 Å². The first-order valence-electron chi connectivity index (χ1n) is 21.5. The number of allylic oxidation sites excluding steroid dienone is 4. The number of hydrogen-bond acceptors (Lipinski definition) is 3. The Hall–Kier alpha value is -1.13. The van der Waals surface area contributed by atoms with Gasteiger partial charge in [0.15, 0.2) is 0 Å². The Bertz CT molecular complexity index is 691. The average Bonchev–Trinajstić information content (AvgIpc) is 3.09. The molecule has 4 heteroatoms. The predicted octanol–water partition coefficient (Wildman–Crippen LogP) is 13.2. The van der Waals surface area contributed by atoms with E-state index in [2.05, 4.69) is 43.5 Å². The summed E-state index contributed by atoms with van der Waals surface area (Å²) in [7, 11) is 0. The van der Waals surface area contributed by atoms with Crippen molar-refractivity contribution in [2.45, 2.75) is 244 Å². The van der Waals surface area contributed by atoms with Crippen LogP contribution in [0.1, 0.15) is 232 Å². The molecule has 0 aromatic rings. The fraction of sp³-hybridized carbons (Fsp3) is 0.886. The number of nitrogens with one attached hydrogen (secondary N) is 1. The summed E-state index contributed by atoms with van der Waals surface area (Å²) in [6.07, 6.45) is 51.2. The maximum absolute atomic E-state index is 12.3. The molecule has 2 unspecified atom stereocenters. The molecule has 0 radical (unpaired) electrons. The Kier molecular flexibility index (Phi) is 39.4. The van der Waals surface area contributed by atoms with E-state index in [0.29, 0.717) is 12.8 Å². The highest BCUT2D eigenvalue weighted by Gasteiger charge is 2.19. The Morgan fingerprint density at radius 2 is 0.854 bits per heavy atom. The fourth-order valence-electron chi connectivity index (χ4n) is 6.63. The topological polar surface area (TPSA) is 69.6 Å². The average molecular weight is 676 g/mol. The summed E-state index contributed by atoms with van der Waals surface area (Å²) in [5.74, 6) is -0.0351. The Morgan fingerprint density at radius 3 is 1.25 bits per heavy atom. The number of hydrogen-bond donors (Lipinski definition) is 3. The van der Waals surface area contributed by atoms with Crippen molar-refractivity contribution in [3.05, 3.63) is 24.3 Å². The molecule has 0 aromatic carbocycles. The quantitative estimate of drug-likeness (QED) is 0.0448. The van der Waals surface area contributed by atoms with Gasteiger partial charge in [0.05, 0.1) is 18.8 Å². The van der Waals surface area contributed by atoms with Gasteiger partial charge in [0, 0.05) is 6.42 Å². The van der Waals surface area contributed by atoms with Crippen LogP contribution in [0.15, 0.2) is 24.3 Å². The molecule has 0 heterocycles. The molecule has 0 spiro atoms. The summed E-state index contributed by atoms with van der Waals surface area (Å²) in [5.41, 5.74) is 0. The number of aliphatic hydroxyl groups is 2. The molecule has 1 amide bonds. The number of amides is 1. The third-order valence-corrected chi connectivity index (χ3v) is 9.97. The number of carbonyl (C=O) groups excluding carboxylic acids is 1. The molecule has 0 saturated heterocycles. The second kappa shape index (κ2) is 40.3. The van der Waals surface area contributed by atoms with E-state index in [9.17, 15) is 15.0 Å². The molecule has 0 fully saturated rings. The largest absolute Gasteiger partial charge is 0.394 e. The highest BCUT2D eigenvalue weighted by atomic mass is 16.3. The zero-order valence-electron chi connectivity index (χ0n) is 32.5. The van der Waals surface area contributed by atoms with E-state index in [4.69, 9.17) is 0 Å². The van der Waals surface area contributed by atoms with Crippen molar-refractivity contribution in [2.24, 2.45) is 0 Å². The van der Waals surface area contributed by atoms with Crippen LogP contribution in [0.25, 0.3) is 0 Å². The third-order valence-electron chi connectivity index (χ3n) is 9.97. The number of carbonyl (C=O) groups is 1. The van der Waals surface area contributed by atoms with E-state index in [1.54, 1.807) is 0 Å². The van der Waals surface area contributed by atoms with Crippen LogP contribution >= 0.6 is 0 Å². The number of rotatable bonds is 39. The van der Waals surface area contributed by atoms with Gasteiger partial charge in [-0.3, -0.25) is 4.79 Å². The molecule has 0 aliphatic heterocycles. The molecule has 0 rings (SSSR count). The van der Waals surface area contributed by atoms with Crippen LogP contribution in [0.3, 0.4) is 0 Å². The van der Waals surface area contributed by atoms with Gasteiger partial charge in [-0.15, -0.1) is 0 Å². The molecule has 0 aliphatic carbocycles. The van der Waals surface area contributed by atoms with Crippen molar-refractivity contribution in [2.75, 3.05) is 6.61 Å². The van der Waals surface area contributed by atoms with Crippen LogP contribution in [0, 0.1) is 0 Å². The lowest BCUT2D eigenvalue weighted by Crippen LogP contribution is -2.45. The van der Waals surface area contributed by atoms with Crippen molar-refractivity contribution >= 4 is 5.91 Å². The van der Waals surface area contributed by atoms with Crippen molar-refractivity contribution in [3.63, 3.8) is 0 Å². The SMILES string of the molecule is CCCCCCCCCCC/C=C\C/C=C\CCCCCCCCCCCCCC(=O)NC(CO)C(O)CCCCCCCCCCC. The monoisotopic (exact) mass is 676 g/mol. The fourth-order valence-corrected chi connectivity index (χ4v) is 6.63. The van der Waals surface area contributed by atoms with Gasteiger partial charge in [0.1, 0.15) is 0 Å². The summed E-state index contributed by atoms with van der Waals surface area (Å²) in [5, 5.41) is 23.0. The van der Waals surface area contributed by atoms with Crippen molar-refractivity contribution in [1.82, 2.24) is 5.32 Å². The zero-order chi connectivity index (χ0) is 35.0. The molecule has 0 bridgehead atoms. The van der Waals surface area contributed by atoms with Gasteiger partial charge in [-0.25, -0.2) is 0 Å². The van der Waals surface area contributed by atoms with Crippen molar-refractivity contribution in [3.8, 4) is 0 Å². The van der Waals surface area contributed by atoms with Gasteiger partial charge in [-0.05, 0) is 44.9 Å². The molecule has 0 aromatic heterocycles. The van der Waals surface area contributed by atoms with E-state index in [-0.39, 0.29) is 12.5 Å². The van der Waals surface area contributed by atoms with Gasteiger partial charge >= 0.3 is 0 Å². The molecule has 3 N–H and O–H groups in total. The lowest BCUT2D eigenvalue weighted by molar-refractivity contribution is -0.123. The van der Waals surface area contributed by atoms with Gasteiger partial charge in [-0.1, -0.05) is 205 Å². The van der Waals surface area contributed by atoms with Gasteiger partial charge in [0.25, 0.3) is 0 Å². The third kappa shape index (κ3) is 36.2. The highest BCUT2D eigenvalue weighted by molar-refractivity contribution is 5.76. The summed E-state index contributed by atoms with van der Waals surface area (Å²) < 4.78 is 0. The minimum absolute atomic E-state index is 0.0351. The lowest BCUT2D eigenvalue weighted by Gasteiger charge is -2.22. The molecular formula is C44H85NO3. The molecule has 0 aliphatic rings. The highest BCUT2D eigenvalue weighted by Crippen LogP contribution is 2.15.